The Hall–Kier alpha value is -3.13. The van der Waals surface area contributed by atoms with Gasteiger partial charge in [0.1, 0.15) is 0 Å². The van der Waals surface area contributed by atoms with Crippen LogP contribution in [-0.4, -0.2) is 29.0 Å². The molecule has 2 N–H and O–H groups in total. The van der Waals surface area contributed by atoms with Crippen LogP contribution >= 0.6 is 11.6 Å². The lowest BCUT2D eigenvalue weighted by atomic mass is 10.1. The van der Waals surface area contributed by atoms with Crippen molar-refractivity contribution in [2.75, 3.05) is 12.4 Å². The number of methoxy groups -OCH3 is 1. The van der Waals surface area contributed by atoms with Gasteiger partial charge in [-0.2, -0.15) is 0 Å². The average molecular weight is 365 g/mol. The van der Waals surface area contributed by atoms with Gasteiger partial charge in [0.25, 0.3) is 11.6 Å². The molecule has 0 aromatic heterocycles. The number of nitro benzene ring substituents is 1. The van der Waals surface area contributed by atoms with Crippen LogP contribution in [0.15, 0.2) is 30.3 Å². The number of anilines is 1. The standard InChI is InChI=1S/C16H13ClN2O6/c1-8-5-9(3-4-13(8)19(23)24)15(20)18-12-7-10(16(21)22)6-11(17)14(12)25-2/h3-7H,1-2H3,(H,18,20)(H,21,22). The summed E-state index contributed by atoms with van der Waals surface area (Å²) < 4.78 is 5.09. The zero-order valence-electron chi connectivity index (χ0n) is 13.2. The molecule has 8 nitrogen and oxygen atoms in total. The van der Waals surface area contributed by atoms with Crippen LogP contribution in [0.5, 0.6) is 5.75 Å². The summed E-state index contributed by atoms with van der Waals surface area (Å²) in [6, 6.07) is 6.30. The van der Waals surface area contributed by atoms with Crippen LogP contribution in [-0.2, 0) is 0 Å². The summed E-state index contributed by atoms with van der Waals surface area (Å²) in [7, 11) is 1.33. The molecule has 0 fully saturated rings. The number of hydrogen-bond donors (Lipinski definition) is 2. The van der Waals surface area contributed by atoms with Gasteiger partial charge in [-0.25, -0.2) is 4.79 Å². The number of rotatable bonds is 5. The number of hydrogen-bond acceptors (Lipinski definition) is 5. The van der Waals surface area contributed by atoms with Crippen molar-refractivity contribution in [1.29, 1.82) is 0 Å². The smallest absolute Gasteiger partial charge is 0.335 e. The lowest BCUT2D eigenvalue weighted by Crippen LogP contribution is -2.14. The van der Waals surface area contributed by atoms with Gasteiger partial charge in [0.05, 0.1) is 28.3 Å². The van der Waals surface area contributed by atoms with E-state index < -0.39 is 16.8 Å². The van der Waals surface area contributed by atoms with E-state index in [1.54, 1.807) is 0 Å². The first-order valence-corrected chi connectivity index (χ1v) is 7.29. The number of ether oxygens (including phenoxy) is 1. The molecule has 2 aromatic rings. The third kappa shape index (κ3) is 3.86. The van der Waals surface area contributed by atoms with Crippen molar-refractivity contribution in [3.05, 3.63) is 62.2 Å². The predicted molar refractivity (Wildman–Crippen MR) is 90.7 cm³/mol. The molecule has 9 heteroatoms. The van der Waals surface area contributed by atoms with E-state index in [-0.39, 0.29) is 33.3 Å². The van der Waals surface area contributed by atoms with Gasteiger partial charge in [0.15, 0.2) is 5.75 Å². The van der Waals surface area contributed by atoms with E-state index in [1.165, 1.54) is 44.4 Å². The second-order valence-corrected chi connectivity index (χ2v) is 5.46. The van der Waals surface area contributed by atoms with Gasteiger partial charge >= 0.3 is 5.97 Å². The van der Waals surface area contributed by atoms with E-state index in [0.717, 1.165) is 0 Å². The molecule has 0 heterocycles. The minimum atomic E-state index is -1.22. The minimum absolute atomic E-state index is 0.0255. The van der Waals surface area contributed by atoms with Crippen LogP contribution in [0.2, 0.25) is 5.02 Å². The molecule has 0 radical (unpaired) electrons. The Morgan fingerprint density at radius 2 is 1.92 bits per heavy atom. The first kappa shape index (κ1) is 18.2. The molecule has 0 saturated carbocycles. The van der Waals surface area contributed by atoms with Gasteiger partial charge in [-0.1, -0.05) is 11.6 Å². The van der Waals surface area contributed by atoms with Crippen LogP contribution < -0.4 is 10.1 Å². The molecule has 0 aliphatic carbocycles. The van der Waals surface area contributed by atoms with Crippen LogP contribution in [0.25, 0.3) is 0 Å². The van der Waals surface area contributed by atoms with E-state index >= 15 is 0 Å². The number of carbonyl (C=O) groups is 2. The summed E-state index contributed by atoms with van der Waals surface area (Å²) in [6.07, 6.45) is 0. The van der Waals surface area contributed by atoms with E-state index in [0.29, 0.717) is 5.56 Å². The molecule has 0 atom stereocenters. The van der Waals surface area contributed by atoms with Gasteiger partial charge in [0.2, 0.25) is 0 Å². The van der Waals surface area contributed by atoms with Gasteiger partial charge in [0, 0.05) is 17.2 Å². The molecular formula is C16H13ClN2O6. The zero-order chi connectivity index (χ0) is 18.7. The molecule has 1 amide bonds. The van der Waals surface area contributed by atoms with Crippen LogP contribution in [0.1, 0.15) is 26.3 Å². The molecule has 2 aromatic carbocycles. The number of amides is 1. The van der Waals surface area contributed by atoms with Crippen molar-refractivity contribution < 1.29 is 24.4 Å². The monoisotopic (exact) mass is 364 g/mol. The lowest BCUT2D eigenvalue weighted by molar-refractivity contribution is -0.385. The van der Waals surface area contributed by atoms with Crippen LogP contribution in [0.4, 0.5) is 11.4 Å². The summed E-state index contributed by atoms with van der Waals surface area (Å²) in [6.45, 7) is 1.51. The molecule has 0 aliphatic heterocycles. The van der Waals surface area contributed by atoms with Crippen molar-refractivity contribution >= 4 is 34.9 Å². The highest BCUT2D eigenvalue weighted by Crippen LogP contribution is 2.34. The van der Waals surface area contributed by atoms with Gasteiger partial charge < -0.3 is 15.2 Å². The van der Waals surface area contributed by atoms with Gasteiger partial charge in [-0.3, -0.25) is 14.9 Å². The fourth-order valence-corrected chi connectivity index (χ4v) is 2.51. The number of carboxylic acid groups (broad SMARTS) is 1. The Morgan fingerprint density at radius 3 is 2.44 bits per heavy atom. The number of nitrogens with one attached hydrogen (secondary N) is 1. The van der Waals surface area contributed by atoms with Crippen molar-refractivity contribution in [3.63, 3.8) is 0 Å². The number of halogens is 1. The number of nitrogens with zero attached hydrogens (tertiary/aromatic N) is 1. The minimum Gasteiger partial charge on any atom is -0.493 e. The highest BCUT2D eigenvalue weighted by molar-refractivity contribution is 6.33. The molecule has 0 bridgehead atoms. The average Bonchev–Trinajstić information content (AvgIpc) is 2.53. The van der Waals surface area contributed by atoms with Gasteiger partial charge in [-0.15, -0.1) is 0 Å². The fraction of sp³-hybridized carbons (Fsp3) is 0.125. The van der Waals surface area contributed by atoms with E-state index in [2.05, 4.69) is 5.32 Å². The molecule has 25 heavy (non-hydrogen) atoms. The molecule has 0 spiro atoms. The van der Waals surface area contributed by atoms with Crippen molar-refractivity contribution in [2.45, 2.75) is 6.92 Å². The summed E-state index contributed by atoms with van der Waals surface area (Å²) in [5.74, 6) is -1.69. The molecule has 130 valence electrons. The third-order valence-electron chi connectivity index (χ3n) is 3.40. The van der Waals surface area contributed by atoms with E-state index in [1.807, 2.05) is 0 Å². The molecule has 0 unspecified atom stereocenters. The summed E-state index contributed by atoms with van der Waals surface area (Å²) in [4.78, 5) is 33.8. The molecule has 2 rings (SSSR count). The second kappa shape index (κ2) is 7.18. The first-order chi connectivity index (χ1) is 11.7. The number of benzene rings is 2. The second-order valence-electron chi connectivity index (χ2n) is 5.06. The fourth-order valence-electron chi connectivity index (χ4n) is 2.21. The number of nitro groups is 1. The maximum absolute atomic E-state index is 12.4. The van der Waals surface area contributed by atoms with E-state index in [9.17, 15) is 19.7 Å². The Morgan fingerprint density at radius 1 is 1.24 bits per heavy atom. The first-order valence-electron chi connectivity index (χ1n) is 6.91. The highest BCUT2D eigenvalue weighted by atomic mass is 35.5. The largest absolute Gasteiger partial charge is 0.493 e. The number of aryl methyl sites for hydroxylation is 1. The SMILES string of the molecule is COc1c(Cl)cc(C(=O)O)cc1NC(=O)c1ccc([N+](=O)[O-])c(C)c1. The van der Waals surface area contributed by atoms with Crippen LogP contribution in [0.3, 0.4) is 0 Å². The highest BCUT2D eigenvalue weighted by Gasteiger charge is 2.18. The maximum Gasteiger partial charge on any atom is 0.335 e. The Kier molecular flexibility index (Phi) is 5.23. The Bertz CT molecular complexity index is 881. The predicted octanol–water partition coefficient (Wildman–Crippen LogP) is 3.52. The van der Waals surface area contributed by atoms with Crippen molar-refractivity contribution in [2.24, 2.45) is 0 Å². The Balaban J connectivity index is 2.39. The third-order valence-corrected chi connectivity index (χ3v) is 3.68. The van der Waals surface area contributed by atoms with Crippen molar-refractivity contribution in [1.82, 2.24) is 0 Å². The lowest BCUT2D eigenvalue weighted by Gasteiger charge is -2.13. The zero-order valence-corrected chi connectivity index (χ0v) is 14.0. The number of carboxylic acids is 1. The molecule has 0 saturated heterocycles. The Labute approximate surface area is 147 Å². The normalized spacial score (nSPS) is 10.2. The molecular weight excluding hydrogens is 352 g/mol. The maximum atomic E-state index is 12.4. The topological polar surface area (TPSA) is 119 Å². The van der Waals surface area contributed by atoms with Crippen molar-refractivity contribution in [3.8, 4) is 5.75 Å². The summed E-state index contributed by atoms with van der Waals surface area (Å²) >= 11 is 5.97. The summed E-state index contributed by atoms with van der Waals surface area (Å²) in [5.41, 5.74) is 0.336. The van der Waals surface area contributed by atoms with Crippen LogP contribution in [0, 0.1) is 17.0 Å². The quantitative estimate of drug-likeness (QED) is 0.618. The van der Waals surface area contributed by atoms with E-state index in [4.69, 9.17) is 21.4 Å². The number of carbonyl (C=O) groups excluding carboxylic acids is 1. The molecule has 0 aliphatic rings. The van der Waals surface area contributed by atoms with Gasteiger partial charge in [-0.05, 0) is 31.2 Å². The number of aromatic carboxylic acids is 1. The summed E-state index contributed by atoms with van der Waals surface area (Å²) in [5, 5.41) is 22.5.